The summed E-state index contributed by atoms with van der Waals surface area (Å²) >= 11 is 0. The zero-order valence-corrected chi connectivity index (χ0v) is 13.7. The number of amides is 1. The molecule has 0 spiro atoms. The van der Waals surface area contributed by atoms with Crippen molar-refractivity contribution in [3.63, 3.8) is 0 Å². The van der Waals surface area contributed by atoms with Crippen molar-refractivity contribution in [3.05, 3.63) is 17.7 Å². The number of rotatable bonds is 1. The Bertz CT molecular complexity index is 741. The molecule has 0 aromatic heterocycles. The van der Waals surface area contributed by atoms with E-state index in [0.29, 0.717) is 12.6 Å². The summed E-state index contributed by atoms with van der Waals surface area (Å²) in [6.45, 7) is 5.49. The molecule has 1 aromatic carbocycles. The molecule has 7 heteroatoms. The van der Waals surface area contributed by atoms with Gasteiger partial charge in [-0.15, -0.1) is 0 Å². The SMILES string of the molecule is C[C@@H]1C(=O)NN=C2COc3cc4c(cc3N21)N([C@@H]1CCNC1)CC4. The Balaban J connectivity index is 1.58. The minimum absolute atomic E-state index is 0.0797. The number of fused-ring (bicyclic) bond motifs is 4. The van der Waals surface area contributed by atoms with Crippen LogP contribution in [0.15, 0.2) is 17.2 Å². The molecule has 7 nitrogen and oxygen atoms in total. The molecule has 2 atom stereocenters. The second kappa shape index (κ2) is 5.11. The van der Waals surface area contributed by atoms with Crippen molar-refractivity contribution in [2.45, 2.75) is 31.8 Å². The molecule has 0 saturated carbocycles. The molecule has 4 aliphatic rings. The smallest absolute Gasteiger partial charge is 0.262 e. The maximum Gasteiger partial charge on any atom is 0.262 e. The third-order valence-electron chi connectivity index (χ3n) is 5.52. The molecule has 2 N–H and O–H groups in total. The Morgan fingerprint density at radius 2 is 2.25 bits per heavy atom. The summed E-state index contributed by atoms with van der Waals surface area (Å²) in [5.41, 5.74) is 6.16. The Morgan fingerprint density at radius 1 is 1.33 bits per heavy atom. The fraction of sp³-hybridized carbons (Fsp3) is 0.529. The molecule has 0 aliphatic carbocycles. The quantitative estimate of drug-likeness (QED) is 0.783. The summed E-state index contributed by atoms with van der Waals surface area (Å²) < 4.78 is 5.91. The van der Waals surface area contributed by atoms with Crippen molar-refractivity contribution in [2.24, 2.45) is 5.10 Å². The lowest BCUT2D eigenvalue weighted by atomic mass is 10.1. The predicted molar refractivity (Wildman–Crippen MR) is 91.8 cm³/mol. The van der Waals surface area contributed by atoms with Gasteiger partial charge in [-0.2, -0.15) is 5.10 Å². The number of amidine groups is 1. The molecular weight excluding hydrogens is 306 g/mol. The number of benzene rings is 1. The number of ether oxygens (including phenoxy) is 1. The number of hydrogen-bond acceptors (Lipinski definition) is 6. The normalized spacial score (nSPS) is 27.9. The lowest BCUT2D eigenvalue weighted by Gasteiger charge is -2.38. The zero-order valence-electron chi connectivity index (χ0n) is 13.7. The van der Waals surface area contributed by atoms with Gasteiger partial charge in [-0.05, 0) is 44.0 Å². The Morgan fingerprint density at radius 3 is 3.08 bits per heavy atom. The predicted octanol–water partition coefficient (Wildman–Crippen LogP) is 0.442. The second-order valence-corrected chi connectivity index (χ2v) is 6.88. The summed E-state index contributed by atoms with van der Waals surface area (Å²) in [5.74, 6) is 1.55. The highest BCUT2D eigenvalue weighted by molar-refractivity contribution is 6.09. The summed E-state index contributed by atoms with van der Waals surface area (Å²) in [6.07, 6.45) is 2.24. The number of carbonyl (C=O) groups excluding carboxylic acids is 1. The standard InChI is InChI=1S/C17H21N5O2/c1-10-17(23)20-19-16-9-24-15-6-11-3-5-21(12-2-4-18-8-12)13(11)7-14(15)22(10)16/h6-7,10,12,18H,2-5,8-9H2,1H3,(H,20,23)/t10-,12-/m1/s1. The molecule has 5 rings (SSSR count). The van der Waals surface area contributed by atoms with E-state index < -0.39 is 0 Å². The van der Waals surface area contributed by atoms with Crippen LogP contribution < -0.4 is 25.3 Å². The van der Waals surface area contributed by atoms with Crippen molar-refractivity contribution >= 4 is 23.1 Å². The van der Waals surface area contributed by atoms with Crippen LogP contribution in [0, 0.1) is 0 Å². The Hall–Kier alpha value is -2.28. The lowest BCUT2D eigenvalue weighted by molar-refractivity contribution is -0.122. The zero-order chi connectivity index (χ0) is 16.3. The molecule has 1 aromatic rings. The van der Waals surface area contributed by atoms with Crippen LogP contribution in [0.2, 0.25) is 0 Å². The van der Waals surface area contributed by atoms with Gasteiger partial charge in [0.25, 0.3) is 5.91 Å². The Kier molecular flexibility index (Phi) is 3.00. The number of nitrogens with zero attached hydrogens (tertiary/aromatic N) is 3. The van der Waals surface area contributed by atoms with E-state index in [1.54, 1.807) is 0 Å². The number of carbonyl (C=O) groups is 1. The van der Waals surface area contributed by atoms with Crippen molar-refractivity contribution in [1.82, 2.24) is 10.7 Å². The average Bonchev–Trinajstić information content (AvgIpc) is 3.24. The van der Waals surface area contributed by atoms with Crippen molar-refractivity contribution in [2.75, 3.05) is 36.0 Å². The number of nitrogens with one attached hydrogen (secondary N) is 2. The molecule has 4 aliphatic heterocycles. The van der Waals surface area contributed by atoms with E-state index in [1.165, 1.54) is 17.7 Å². The van der Waals surface area contributed by atoms with Gasteiger partial charge in [-0.25, -0.2) is 5.43 Å². The molecule has 0 bridgehead atoms. The molecule has 1 saturated heterocycles. The first-order valence-corrected chi connectivity index (χ1v) is 8.65. The van der Waals surface area contributed by atoms with Crippen LogP contribution in [0.4, 0.5) is 11.4 Å². The summed E-state index contributed by atoms with van der Waals surface area (Å²) in [6, 6.07) is 4.63. The molecule has 1 amide bonds. The summed E-state index contributed by atoms with van der Waals surface area (Å²) in [4.78, 5) is 16.6. The van der Waals surface area contributed by atoms with Crippen LogP contribution in [0.3, 0.4) is 0 Å². The topological polar surface area (TPSA) is 69.2 Å². The fourth-order valence-corrected chi connectivity index (χ4v) is 4.22. The highest BCUT2D eigenvalue weighted by Crippen LogP contribution is 2.43. The van der Waals surface area contributed by atoms with Gasteiger partial charge in [0.15, 0.2) is 5.84 Å². The number of hydrogen-bond donors (Lipinski definition) is 2. The third kappa shape index (κ3) is 1.94. The van der Waals surface area contributed by atoms with Crippen LogP contribution in [0.25, 0.3) is 0 Å². The molecule has 1 fully saturated rings. The van der Waals surface area contributed by atoms with Crippen LogP contribution in [-0.4, -0.2) is 50.1 Å². The monoisotopic (exact) mass is 327 g/mol. The number of anilines is 2. The minimum atomic E-state index is -0.277. The van der Waals surface area contributed by atoms with Crippen LogP contribution in [0.1, 0.15) is 18.9 Å². The second-order valence-electron chi connectivity index (χ2n) is 6.88. The molecule has 0 unspecified atom stereocenters. The van der Waals surface area contributed by atoms with Gasteiger partial charge in [-0.1, -0.05) is 0 Å². The molecule has 24 heavy (non-hydrogen) atoms. The first-order chi connectivity index (χ1) is 11.7. The van der Waals surface area contributed by atoms with Crippen molar-refractivity contribution < 1.29 is 9.53 Å². The maximum absolute atomic E-state index is 12.0. The van der Waals surface area contributed by atoms with Crippen molar-refractivity contribution in [3.8, 4) is 5.75 Å². The van der Waals surface area contributed by atoms with E-state index in [1.807, 2.05) is 11.8 Å². The average molecular weight is 327 g/mol. The van der Waals surface area contributed by atoms with E-state index in [0.717, 1.165) is 43.3 Å². The van der Waals surface area contributed by atoms with Gasteiger partial charge < -0.3 is 19.9 Å². The van der Waals surface area contributed by atoms with Gasteiger partial charge in [0.2, 0.25) is 0 Å². The summed E-state index contributed by atoms with van der Waals surface area (Å²) in [7, 11) is 0. The third-order valence-corrected chi connectivity index (χ3v) is 5.52. The van der Waals surface area contributed by atoms with Gasteiger partial charge in [0.1, 0.15) is 18.4 Å². The first-order valence-electron chi connectivity index (χ1n) is 8.65. The Labute approximate surface area is 140 Å². The van der Waals surface area contributed by atoms with Crippen LogP contribution in [0.5, 0.6) is 5.75 Å². The summed E-state index contributed by atoms with van der Waals surface area (Å²) in [5, 5.41) is 7.62. The van der Waals surface area contributed by atoms with Crippen LogP contribution >= 0.6 is 0 Å². The fourth-order valence-electron chi connectivity index (χ4n) is 4.22. The van der Waals surface area contributed by atoms with E-state index in [9.17, 15) is 4.79 Å². The van der Waals surface area contributed by atoms with Gasteiger partial charge in [0.05, 0.1) is 5.69 Å². The van der Waals surface area contributed by atoms with Gasteiger partial charge in [0, 0.05) is 24.8 Å². The van der Waals surface area contributed by atoms with E-state index in [2.05, 4.69) is 32.9 Å². The molecule has 126 valence electrons. The molecule has 0 radical (unpaired) electrons. The minimum Gasteiger partial charge on any atom is -0.483 e. The highest BCUT2D eigenvalue weighted by atomic mass is 16.5. The van der Waals surface area contributed by atoms with E-state index in [4.69, 9.17) is 4.74 Å². The maximum atomic E-state index is 12.0. The molecule has 4 heterocycles. The highest BCUT2D eigenvalue weighted by Gasteiger charge is 2.37. The number of hydrazone groups is 1. The largest absolute Gasteiger partial charge is 0.483 e. The lowest BCUT2D eigenvalue weighted by Crippen LogP contribution is -2.55. The van der Waals surface area contributed by atoms with E-state index in [-0.39, 0.29) is 11.9 Å². The molecular formula is C17H21N5O2. The van der Waals surface area contributed by atoms with Gasteiger partial charge >= 0.3 is 0 Å². The van der Waals surface area contributed by atoms with E-state index >= 15 is 0 Å². The van der Waals surface area contributed by atoms with Crippen LogP contribution in [-0.2, 0) is 11.2 Å². The van der Waals surface area contributed by atoms with Crippen molar-refractivity contribution in [1.29, 1.82) is 0 Å². The first kappa shape index (κ1) is 14.1. The van der Waals surface area contributed by atoms with Gasteiger partial charge in [-0.3, -0.25) is 4.79 Å².